The van der Waals surface area contributed by atoms with Crippen LogP contribution in [0.2, 0.25) is 5.02 Å². The molecule has 0 radical (unpaired) electrons. The second kappa shape index (κ2) is 7.63. The molecular formula is C13H18ClNO5S. The molecule has 21 heavy (non-hydrogen) atoms. The lowest BCUT2D eigenvalue weighted by atomic mass is 10.1. The fourth-order valence-electron chi connectivity index (χ4n) is 1.62. The monoisotopic (exact) mass is 335 g/mol. The van der Waals surface area contributed by atoms with Crippen LogP contribution in [-0.2, 0) is 14.8 Å². The quantitative estimate of drug-likeness (QED) is 0.759. The van der Waals surface area contributed by atoms with E-state index in [0.29, 0.717) is 12.2 Å². The summed E-state index contributed by atoms with van der Waals surface area (Å²) < 4.78 is 31.6. The first-order valence-electron chi connectivity index (χ1n) is 6.31. The average molecular weight is 336 g/mol. The molecule has 118 valence electrons. The molecule has 1 aromatic rings. The minimum absolute atomic E-state index is 0.0112. The molecule has 1 unspecified atom stereocenters. The summed E-state index contributed by atoms with van der Waals surface area (Å²) in [5.41, 5.74) is 0. The second-order valence-corrected chi connectivity index (χ2v) is 6.86. The Labute approximate surface area is 129 Å². The Kier molecular flexibility index (Phi) is 6.44. The molecule has 0 spiro atoms. The first-order valence-corrected chi connectivity index (χ1v) is 8.17. The molecule has 1 atom stereocenters. The molecule has 8 heteroatoms. The van der Waals surface area contributed by atoms with Crippen LogP contribution in [0.5, 0.6) is 5.75 Å². The summed E-state index contributed by atoms with van der Waals surface area (Å²) in [5, 5.41) is 8.79. The molecule has 0 heterocycles. The van der Waals surface area contributed by atoms with Crippen molar-refractivity contribution >= 4 is 27.6 Å². The van der Waals surface area contributed by atoms with E-state index < -0.39 is 16.0 Å². The first kappa shape index (κ1) is 17.7. The number of carboxylic acids is 1. The first-order chi connectivity index (χ1) is 9.76. The Morgan fingerprint density at radius 3 is 2.67 bits per heavy atom. The zero-order valence-corrected chi connectivity index (χ0v) is 13.4. The van der Waals surface area contributed by atoms with Gasteiger partial charge in [-0.25, -0.2) is 13.1 Å². The van der Waals surface area contributed by atoms with Crippen LogP contribution in [0.3, 0.4) is 0 Å². The van der Waals surface area contributed by atoms with Gasteiger partial charge >= 0.3 is 5.97 Å². The highest BCUT2D eigenvalue weighted by Gasteiger charge is 2.17. The van der Waals surface area contributed by atoms with Crippen molar-refractivity contribution in [2.24, 2.45) is 5.92 Å². The van der Waals surface area contributed by atoms with E-state index in [1.807, 2.05) is 0 Å². The molecule has 1 aromatic carbocycles. The van der Waals surface area contributed by atoms with Gasteiger partial charge in [-0.1, -0.05) is 18.5 Å². The van der Waals surface area contributed by atoms with E-state index in [1.54, 1.807) is 6.92 Å². The number of hydrogen-bond donors (Lipinski definition) is 2. The van der Waals surface area contributed by atoms with Crippen LogP contribution in [0.4, 0.5) is 0 Å². The largest absolute Gasteiger partial charge is 0.495 e. The number of methoxy groups -OCH3 is 1. The molecule has 0 amide bonds. The van der Waals surface area contributed by atoms with Gasteiger partial charge in [0.1, 0.15) is 5.75 Å². The topological polar surface area (TPSA) is 92.7 Å². The van der Waals surface area contributed by atoms with Crippen molar-refractivity contribution < 1.29 is 23.1 Å². The number of rotatable bonds is 8. The fraction of sp³-hybridized carbons (Fsp3) is 0.462. The summed E-state index contributed by atoms with van der Waals surface area (Å²) in [6.45, 7) is 1.95. The van der Waals surface area contributed by atoms with E-state index in [-0.39, 0.29) is 28.8 Å². The third kappa shape index (κ3) is 5.53. The molecule has 2 N–H and O–H groups in total. The van der Waals surface area contributed by atoms with Crippen LogP contribution in [0.25, 0.3) is 0 Å². The van der Waals surface area contributed by atoms with Gasteiger partial charge in [-0.05, 0) is 30.5 Å². The summed E-state index contributed by atoms with van der Waals surface area (Å²) in [6, 6.07) is 4.18. The Bertz CT molecular complexity index is 603. The molecule has 0 aliphatic rings. The van der Waals surface area contributed by atoms with Crippen molar-refractivity contribution in [3.8, 4) is 5.75 Å². The molecule has 0 aliphatic carbocycles. The maximum absolute atomic E-state index is 12.1. The average Bonchev–Trinajstić information content (AvgIpc) is 2.42. The minimum atomic E-state index is -3.68. The molecule has 6 nitrogen and oxygen atoms in total. The van der Waals surface area contributed by atoms with Crippen LogP contribution in [0, 0.1) is 5.92 Å². The molecule has 1 rings (SSSR count). The number of sulfonamides is 1. The molecule has 0 aliphatic heterocycles. The lowest BCUT2D eigenvalue weighted by molar-refractivity contribution is -0.137. The summed E-state index contributed by atoms with van der Waals surface area (Å²) in [4.78, 5) is 10.5. The van der Waals surface area contributed by atoms with Gasteiger partial charge < -0.3 is 9.84 Å². The number of nitrogens with one attached hydrogen (secondary N) is 1. The standard InChI is InChI=1S/C13H18ClNO5S/c1-9(3-6-13(16)17)8-15-21(18,19)10-4-5-12(20-2)11(14)7-10/h4-5,7,9,15H,3,6,8H2,1-2H3,(H,16,17). The minimum Gasteiger partial charge on any atom is -0.495 e. The van der Waals surface area contributed by atoms with E-state index in [2.05, 4.69) is 4.72 Å². The molecular weight excluding hydrogens is 318 g/mol. The normalized spacial score (nSPS) is 12.9. The third-order valence-corrected chi connectivity index (χ3v) is 4.62. The Morgan fingerprint density at radius 2 is 2.14 bits per heavy atom. The summed E-state index contributed by atoms with van der Waals surface area (Å²) in [7, 11) is -2.24. The van der Waals surface area contributed by atoms with Gasteiger partial charge in [0.25, 0.3) is 0 Å². The highest BCUT2D eigenvalue weighted by Crippen LogP contribution is 2.26. The number of aliphatic carboxylic acids is 1. The molecule has 0 saturated carbocycles. The van der Waals surface area contributed by atoms with Crippen molar-refractivity contribution in [2.45, 2.75) is 24.7 Å². The summed E-state index contributed by atoms with van der Waals surface area (Å²) in [6.07, 6.45) is 0.415. The van der Waals surface area contributed by atoms with Crippen molar-refractivity contribution in [3.05, 3.63) is 23.2 Å². The van der Waals surface area contributed by atoms with Gasteiger partial charge in [0.2, 0.25) is 10.0 Å². The molecule has 0 saturated heterocycles. The van der Waals surface area contributed by atoms with Crippen molar-refractivity contribution in [2.75, 3.05) is 13.7 Å². The highest BCUT2D eigenvalue weighted by molar-refractivity contribution is 7.89. The summed E-state index contributed by atoms with van der Waals surface area (Å²) >= 11 is 5.90. The molecule has 0 aromatic heterocycles. The number of halogens is 1. The van der Waals surface area contributed by atoms with Gasteiger partial charge in [-0.3, -0.25) is 4.79 Å². The van der Waals surface area contributed by atoms with E-state index in [0.717, 1.165) is 0 Å². The van der Waals surface area contributed by atoms with Crippen LogP contribution >= 0.6 is 11.6 Å². The number of carbonyl (C=O) groups is 1. The van der Waals surface area contributed by atoms with Gasteiger partial charge in [0.05, 0.1) is 17.0 Å². The van der Waals surface area contributed by atoms with E-state index >= 15 is 0 Å². The Morgan fingerprint density at radius 1 is 1.48 bits per heavy atom. The third-order valence-electron chi connectivity index (χ3n) is 2.91. The predicted molar refractivity (Wildman–Crippen MR) is 79.2 cm³/mol. The zero-order valence-electron chi connectivity index (χ0n) is 11.8. The van der Waals surface area contributed by atoms with Gasteiger partial charge in [-0.2, -0.15) is 0 Å². The fourth-order valence-corrected chi connectivity index (χ4v) is 3.13. The van der Waals surface area contributed by atoms with Gasteiger partial charge in [-0.15, -0.1) is 0 Å². The van der Waals surface area contributed by atoms with Crippen LogP contribution in [0.15, 0.2) is 23.1 Å². The van der Waals surface area contributed by atoms with Crippen molar-refractivity contribution in [3.63, 3.8) is 0 Å². The number of benzene rings is 1. The second-order valence-electron chi connectivity index (χ2n) is 4.69. The van der Waals surface area contributed by atoms with E-state index in [1.165, 1.54) is 25.3 Å². The van der Waals surface area contributed by atoms with E-state index in [4.69, 9.17) is 21.4 Å². The number of hydrogen-bond acceptors (Lipinski definition) is 4. The highest BCUT2D eigenvalue weighted by atomic mass is 35.5. The zero-order chi connectivity index (χ0) is 16.0. The Balaban J connectivity index is 2.69. The van der Waals surface area contributed by atoms with Crippen LogP contribution in [0.1, 0.15) is 19.8 Å². The number of ether oxygens (including phenoxy) is 1. The Hall–Kier alpha value is -1.31. The van der Waals surface area contributed by atoms with Gasteiger partial charge in [0.15, 0.2) is 0 Å². The smallest absolute Gasteiger partial charge is 0.303 e. The summed E-state index contributed by atoms with van der Waals surface area (Å²) in [5.74, 6) is -0.582. The number of carboxylic acid groups (broad SMARTS) is 1. The van der Waals surface area contributed by atoms with Crippen LogP contribution < -0.4 is 9.46 Å². The van der Waals surface area contributed by atoms with Crippen molar-refractivity contribution in [1.29, 1.82) is 0 Å². The SMILES string of the molecule is COc1ccc(S(=O)(=O)NCC(C)CCC(=O)O)cc1Cl. The maximum Gasteiger partial charge on any atom is 0.303 e. The van der Waals surface area contributed by atoms with Gasteiger partial charge in [0, 0.05) is 13.0 Å². The lowest BCUT2D eigenvalue weighted by Crippen LogP contribution is -2.28. The van der Waals surface area contributed by atoms with Crippen molar-refractivity contribution in [1.82, 2.24) is 4.72 Å². The molecule has 0 fully saturated rings. The predicted octanol–water partition coefficient (Wildman–Crippen LogP) is 2.13. The van der Waals surface area contributed by atoms with E-state index in [9.17, 15) is 13.2 Å². The van der Waals surface area contributed by atoms with Crippen LogP contribution in [-0.4, -0.2) is 33.1 Å². The molecule has 0 bridgehead atoms. The maximum atomic E-state index is 12.1. The lowest BCUT2D eigenvalue weighted by Gasteiger charge is -2.12.